The predicted octanol–water partition coefficient (Wildman–Crippen LogP) is 2.39. The number of alkyl halides is 6. The molecule has 12 heteroatoms. The molecule has 0 saturated carbocycles. The van der Waals surface area contributed by atoms with Crippen molar-refractivity contribution in [3.05, 3.63) is 0 Å². The minimum atomic E-state index is -5.95. The van der Waals surface area contributed by atoms with Crippen LogP contribution in [0.2, 0.25) is 0 Å². The van der Waals surface area contributed by atoms with E-state index in [9.17, 15) is 41.0 Å². The van der Waals surface area contributed by atoms with Crippen LogP contribution in [0.3, 0.4) is 0 Å². The van der Waals surface area contributed by atoms with Crippen LogP contribution in [0.1, 0.15) is 20.8 Å². The fourth-order valence-electron chi connectivity index (χ4n) is 2.64. The van der Waals surface area contributed by atoms with E-state index < -0.39 is 54.6 Å². The van der Waals surface area contributed by atoms with Gasteiger partial charge in [0, 0.05) is 19.6 Å². The van der Waals surface area contributed by atoms with Gasteiger partial charge in [-0.2, -0.15) is 26.3 Å². The molecule has 0 aromatic carbocycles. The molecule has 1 fully saturated rings. The first-order valence-electron chi connectivity index (χ1n) is 7.11. The van der Waals surface area contributed by atoms with E-state index in [2.05, 4.69) is 5.32 Å². The number of carbonyl (C=O) groups is 2. The van der Waals surface area contributed by atoms with Crippen molar-refractivity contribution in [2.24, 2.45) is 5.92 Å². The Hall–Kier alpha value is -1.72. The number of nitrogens with one attached hydrogen (secondary N) is 1. The highest BCUT2D eigenvalue weighted by Gasteiger charge is 2.73. The lowest BCUT2D eigenvalue weighted by Crippen LogP contribution is -2.75. The molecule has 2 N–H and O–H groups in total. The SMILES string of the molecule is CC(C)(C)OC(=O)N1CCNCC1(C(=O)O)C(C(F)(F)F)C(F)(F)F. The van der Waals surface area contributed by atoms with E-state index in [0.717, 1.165) is 0 Å². The molecule has 1 aliphatic heterocycles. The molecule has 1 rings (SSSR count). The van der Waals surface area contributed by atoms with Gasteiger partial charge in [0.05, 0.1) is 0 Å². The number of piperazine rings is 1. The fourth-order valence-corrected chi connectivity index (χ4v) is 2.64. The smallest absolute Gasteiger partial charge is 0.411 e. The molecule has 1 amide bonds. The highest BCUT2D eigenvalue weighted by molar-refractivity contribution is 5.86. The Bertz CT molecular complexity index is 514. The Balaban J connectivity index is 3.54. The number of hydrogen-bond acceptors (Lipinski definition) is 4. The van der Waals surface area contributed by atoms with E-state index in [1.54, 1.807) is 0 Å². The van der Waals surface area contributed by atoms with Gasteiger partial charge >= 0.3 is 24.4 Å². The number of nitrogens with zero attached hydrogens (tertiary/aromatic N) is 1. The lowest BCUT2D eigenvalue weighted by Gasteiger charge is -2.48. The summed E-state index contributed by atoms with van der Waals surface area (Å²) >= 11 is 0. The third-order valence-electron chi connectivity index (χ3n) is 3.50. The largest absolute Gasteiger partial charge is 0.479 e. The predicted molar refractivity (Wildman–Crippen MR) is 71.8 cm³/mol. The Labute approximate surface area is 139 Å². The van der Waals surface area contributed by atoms with Crippen molar-refractivity contribution in [1.29, 1.82) is 0 Å². The van der Waals surface area contributed by atoms with Crippen LogP contribution in [0, 0.1) is 5.92 Å². The van der Waals surface area contributed by atoms with E-state index in [1.807, 2.05) is 0 Å². The summed E-state index contributed by atoms with van der Waals surface area (Å²) in [7, 11) is 0. The van der Waals surface area contributed by atoms with Gasteiger partial charge in [-0.3, -0.25) is 4.90 Å². The second-order valence-corrected chi connectivity index (χ2v) is 6.55. The lowest BCUT2D eigenvalue weighted by molar-refractivity contribution is -0.313. The summed E-state index contributed by atoms with van der Waals surface area (Å²) in [6, 6.07) is 0. The molecule has 25 heavy (non-hydrogen) atoms. The number of ether oxygens (including phenoxy) is 1. The van der Waals surface area contributed by atoms with Gasteiger partial charge in [0.2, 0.25) is 0 Å². The third-order valence-corrected chi connectivity index (χ3v) is 3.50. The Morgan fingerprint density at radius 2 is 1.60 bits per heavy atom. The average Bonchev–Trinajstić information content (AvgIpc) is 2.33. The van der Waals surface area contributed by atoms with Crippen molar-refractivity contribution < 1.29 is 45.8 Å². The van der Waals surface area contributed by atoms with Crippen molar-refractivity contribution in [2.75, 3.05) is 19.6 Å². The summed E-state index contributed by atoms with van der Waals surface area (Å²) in [6.45, 7) is 1.94. The van der Waals surface area contributed by atoms with Crippen LogP contribution in [-0.2, 0) is 9.53 Å². The summed E-state index contributed by atoms with van der Waals surface area (Å²) in [5, 5.41) is 11.5. The number of carboxylic acid groups (broad SMARTS) is 1. The quantitative estimate of drug-likeness (QED) is 0.720. The van der Waals surface area contributed by atoms with Crippen LogP contribution in [0.4, 0.5) is 31.1 Å². The standard InChI is InChI=1S/C13H18F6N2O4/c1-10(2,3)25-9(24)21-5-4-20-6-11(21,8(22)23)7(12(14,15)16)13(17,18)19/h7,20H,4-6H2,1-3H3,(H,22,23). The summed E-state index contributed by atoms with van der Waals surface area (Å²) in [6.07, 6.45) is -13.5. The first-order valence-corrected chi connectivity index (χ1v) is 7.11. The maximum absolute atomic E-state index is 13.2. The topological polar surface area (TPSA) is 78.9 Å². The monoisotopic (exact) mass is 380 g/mol. The molecule has 0 aromatic heterocycles. The first kappa shape index (κ1) is 21.3. The van der Waals surface area contributed by atoms with Crippen LogP contribution in [0.15, 0.2) is 0 Å². The number of amides is 1. The first-order chi connectivity index (χ1) is 11.0. The molecule has 0 radical (unpaired) electrons. The molecule has 0 spiro atoms. The molecular formula is C13H18F6N2O4. The number of carboxylic acids is 1. The summed E-state index contributed by atoms with van der Waals surface area (Å²) in [5.41, 5.74) is -4.85. The maximum Gasteiger partial charge on any atom is 0.411 e. The van der Waals surface area contributed by atoms with Gasteiger partial charge in [-0.05, 0) is 20.8 Å². The normalized spacial score (nSPS) is 22.9. The van der Waals surface area contributed by atoms with Gasteiger partial charge in [0.1, 0.15) is 5.60 Å². The van der Waals surface area contributed by atoms with Crippen molar-refractivity contribution in [3.63, 3.8) is 0 Å². The molecule has 1 aliphatic rings. The average molecular weight is 380 g/mol. The van der Waals surface area contributed by atoms with Crippen molar-refractivity contribution in [1.82, 2.24) is 10.2 Å². The molecule has 146 valence electrons. The van der Waals surface area contributed by atoms with Crippen LogP contribution >= 0.6 is 0 Å². The minimum Gasteiger partial charge on any atom is -0.479 e. The second-order valence-electron chi connectivity index (χ2n) is 6.55. The number of carbonyl (C=O) groups excluding carboxylic acids is 1. The number of halogens is 6. The minimum absolute atomic E-state index is 0.00271. The number of hydrogen-bond donors (Lipinski definition) is 2. The van der Waals surface area contributed by atoms with Crippen LogP contribution in [-0.4, -0.2) is 65.2 Å². The highest BCUT2D eigenvalue weighted by atomic mass is 19.4. The molecule has 1 heterocycles. The second kappa shape index (κ2) is 6.54. The Morgan fingerprint density at radius 1 is 1.12 bits per heavy atom. The van der Waals surface area contributed by atoms with E-state index >= 15 is 0 Å². The summed E-state index contributed by atoms with van der Waals surface area (Å²) in [4.78, 5) is 23.8. The van der Waals surface area contributed by atoms with E-state index in [-0.39, 0.29) is 11.4 Å². The lowest BCUT2D eigenvalue weighted by atomic mass is 9.79. The zero-order valence-corrected chi connectivity index (χ0v) is 13.6. The molecule has 6 nitrogen and oxygen atoms in total. The molecule has 1 unspecified atom stereocenters. The molecule has 1 atom stereocenters. The Kier molecular flexibility index (Phi) is 5.58. The highest BCUT2D eigenvalue weighted by Crippen LogP contribution is 2.48. The number of rotatable bonds is 2. The zero-order chi connectivity index (χ0) is 19.8. The van der Waals surface area contributed by atoms with Crippen molar-refractivity contribution >= 4 is 12.1 Å². The van der Waals surface area contributed by atoms with Gasteiger partial charge in [0.15, 0.2) is 11.5 Å². The van der Waals surface area contributed by atoms with E-state index in [1.165, 1.54) is 20.8 Å². The number of aliphatic carboxylic acids is 1. The van der Waals surface area contributed by atoms with Crippen LogP contribution in [0.25, 0.3) is 0 Å². The van der Waals surface area contributed by atoms with Gasteiger partial charge in [-0.1, -0.05) is 0 Å². The summed E-state index contributed by atoms with van der Waals surface area (Å²) < 4.78 is 84.0. The molecule has 0 aliphatic carbocycles. The van der Waals surface area contributed by atoms with Crippen molar-refractivity contribution in [2.45, 2.75) is 44.3 Å². The maximum atomic E-state index is 13.2. The van der Waals surface area contributed by atoms with E-state index in [0.29, 0.717) is 0 Å². The molecule has 0 bridgehead atoms. The third kappa shape index (κ3) is 4.47. The van der Waals surface area contributed by atoms with Gasteiger partial charge in [-0.15, -0.1) is 0 Å². The summed E-state index contributed by atoms with van der Waals surface area (Å²) in [5.74, 6) is -6.71. The fraction of sp³-hybridized carbons (Fsp3) is 0.846. The van der Waals surface area contributed by atoms with Gasteiger partial charge in [-0.25, -0.2) is 9.59 Å². The van der Waals surface area contributed by atoms with E-state index in [4.69, 9.17) is 4.74 Å². The van der Waals surface area contributed by atoms with Crippen LogP contribution in [0.5, 0.6) is 0 Å². The molecule has 1 saturated heterocycles. The molecule has 0 aromatic rings. The molecular weight excluding hydrogens is 362 g/mol. The van der Waals surface area contributed by atoms with Gasteiger partial charge in [0.25, 0.3) is 0 Å². The Morgan fingerprint density at radius 3 is 1.96 bits per heavy atom. The van der Waals surface area contributed by atoms with Crippen LogP contribution < -0.4 is 5.32 Å². The van der Waals surface area contributed by atoms with Gasteiger partial charge < -0.3 is 15.2 Å². The van der Waals surface area contributed by atoms with Crippen molar-refractivity contribution in [3.8, 4) is 0 Å². The zero-order valence-electron chi connectivity index (χ0n) is 13.6.